The number of aromatic nitrogens is 3. The Hall–Kier alpha value is -3.83. The largest absolute Gasteiger partial charge is 0.454 e. The number of benzene rings is 2. The Balaban J connectivity index is 1.14. The second-order valence-electron chi connectivity index (χ2n) is 10.2. The van der Waals surface area contributed by atoms with E-state index in [0.29, 0.717) is 24.6 Å². The second kappa shape index (κ2) is 12.1. The Morgan fingerprint density at radius 3 is 2.30 bits per heavy atom. The lowest BCUT2D eigenvalue weighted by atomic mass is 10.1. The minimum Gasteiger partial charge on any atom is -0.454 e. The molecule has 2 aromatic carbocycles. The summed E-state index contributed by atoms with van der Waals surface area (Å²) in [4.78, 5) is 23.7. The van der Waals surface area contributed by atoms with Crippen molar-refractivity contribution in [2.24, 2.45) is 0 Å². The van der Waals surface area contributed by atoms with Gasteiger partial charge in [0, 0.05) is 70.3 Å². The van der Waals surface area contributed by atoms with Gasteiger partial charge in [0.1, 0.15) is 0 Å². The minimum absolute atomic E-state index is 0.301. The van der Waals surface area contributed by atoms with Gasteiger partial charge in [0.25, 0.3) is 0 Å². The fraction of sp³-hybridized carbons (Fsp3) is 0.483. The van der Waals surface area contributed by atoms with Crippen LogP contribution in [0.25, 0.3) is 0 Å². The van der Waals surface area contributed by atoms with Gasteiger partial charge in [-0.3, -0.25) is 4.90 Å². The number of nitrogens with zero attached hydrogens (tertiary/aromatic N) is 7. The minimum atomic E-state index is 0.301. The lowest BCUT2D eigenvalue weighted by molar-refractivity contribution is 0.122. The molecular weight excluding hydrogens is 508 g/mol. The van der Waals surface area contributed by atoms with E-state index < -0.39 is 0 Å². The lowest BCUT2D eigenvalue weighted by Gasteiger charge is -2.35. The summed E-state index contributed by atoms with van der Waals surface area (Å²) in [6.07, 6.45) is 0. The highest BCUT2D eigenvalue weighted by Crippen LogP contribution is 2.33. The van der Waals surface area contributed by atoms with Gasteiger partial charge < -0.3 is 34.2 Å². The van der Waals surface area contributed by atoms with Gasteiger partial charge in [0.15, 0.2) is 11.5 Å². The molecule has 0 bridgehead atoms. The summed E-state index contributed by atoms with van der Waals surface area (Å²) in [7, 11) is 0. The van der Waals surface area contributed by atoms with Gasteiger partial charge in [-0.15, -0.1) is 0 Å². The Kier molecular flexibility index (Phi) is 8.01. The van der Waals surface area contributed by atoms with Gasteiger partial charge in [-0.25, -0.2) is 0 Å². The first-order valence-corrected chi connectivity index (χ1v) is 14.2. The van der Waals surface area contributed by atoms with Crippen molar-refractivity contribution in [1.82, 2.24) is 19.9 Å². The summed E-state index contributed by atoms with van der Waals surface area (Å²) in [6.45, 7) is 14.0. The van der Waals surface area contributed by atoms with Gasteiger partial charge in [-0.05, 0) is 55.8 Å². The molecule has 6 rings (SSSR count). The summed E-state index contributed by atoms with van der Waals surface area (Å²) in [5.41, 5.74) is 3.38. The van der Waals surface area contributed by atoms with E-state index in [0.717, 1.165) is 89.3 Å². The van der Waals surface area contributed by atoms with E-state index in [4.69, 9.17) is 29.2 Å². The van der Waals surface area contributed by atoms with E-state index in [9.17, 15) is 0 Å². The number of morpholine rings is 1. The molecule has 0 unspecified atom stereocenters. The molecule has 0 atom stereocenters. The number of ether oxygens (including phenoxy) is 3. The van der Waals surface area contributed by atoms with E-state index in [-0.39, 0.29) is 0 Å². The fourth-order valence-corrected chi connectivity index (χ4v) is 5.31. The monoisotopic (exact) mass is 546 g/mol. The maximum atomic E-state index is 5.55. The Bertz CT molecular complexity index is 1270. The number of anilines is 5. The molecule has 11 heteroatoms. The summed E-state index contributed by atoms with van der Waals surface area (Å²) >= 11 is 0. The zero-order valence-corrected chi connectivity index (χ0v) is 23.4. The first-order chi connectivity index (χ1) is 19.7. The number of fused-ring (bicyclic) bond motifs is 1. The zero-order valence-electron chi connectivity index (χ0n) is 23.4. The summed E-state index contributed by atoms with van der Waals surface area (Å²) in [5.74, 6) is 3.64. The second-order valence-corrected chi connectivity index (χ2v) is 10.2. The number of nitrogens with one attached hydrogen (secondary N) is 1. The summed E-state index contributed by atoms with van der Waals surface area (Å²) < 4.78 is 16.5. The van der Waals surface area contributed by atoms with Crippen LogP contribution < -0.4 is 29.5 Å². The number of hydrogen-bond donors (Lipinski definition) is 1. The molecule has 0 saturated carbocycles. The first-order valence-electron chi connectivity index (χ1n) is 14.2. The molecule has 3 aliphatic heterocycles. The van der Waals surface area contributed by atoms with E-state index in [2.05, 4.69) is 75.2 Å². The van der Waals surface area contributed by atoms with Crippen molar-refractivity contribution < 1.29 is 14.2 Å². The molecule has 2 fully saturated rings. The molecule has 0 amide bonds. The smallest absolute Gasteiger partial charge is 0.233 e. The van der Waals surface area contributed by atoms with Crippen LogP contribution >= 0.6 is 0 Å². The molecule has 3 aromatic rings. The zero-order chi connectivity index (χ0) is 27.3. The van der Waals surface area contributed by atoms with Gasteiger partial charge in [0.05, 0.1) is 13.2 Å². The van der Waals surface area contributed by atoms with Crippen LogP contribution in [0.4, 0.5) is 29.2 Å². The van der Waals surface area contributed by atoms with E-state index >= 15 is 0 Å². The molecule has 3 aliphatic rings. The Morgan fingerprint density at radius 1 is 0.800 bits per heavy atom. The van der Waals surface area contributed by atoms with Crippen LogP contribution in [0.3, 0.4) is 0 Å². The first kappa shape index (κ1) is 26.4. The lowest BCUT2D eigenvalue weighted by Crippen LogP contribution is -2.46. The number of rotatable bonds is 9. The third-order valence-corrected chi connectivity index (χ3v) is 7.66. The molecule has 11 nitrogen and oxygen atoms in total. The molecular formula is C29H38N8O3. The predicted molar refractivity (Wildman–Crippen MR) is 156 cm³/mol. The van der Waals surface area contributed by atoms with Gasteiger partial charge >= 0.3 is 0 Å². The molecule has 212 valence electrons. The van der Waals surface area contributed by atoms with Crippen LogP contribution in [0.1, 0.15) is 19.4 Å². The van der Waals surface area contributed by atoms with Crippen LogP contribution in [-0.4, -0.2) is 92.2 Å². The van der Waals surface area contributed by atoms with Crippen LogP contribution in [0.15, 0.2) is 42.5 Å². The summed E-state index contributed by atoms with van der Waals surface area (Å²) in [6, 6.07) is 14.6. The molecule has 1 aromatic heterocycles. The van der Waals surface area contributed by atoms with Crippen LogP contribution in [-0.2, 0) is 11.3 Å². The quantitative estimate of drug-likeness (QED) is 0.428. The van der Waals surface area contributed by atoms with Gasteiger partial charge in [-0.1, -0.05) is 6.07 Å². The average molecular weight is 547 g/mol. The van der Waals surface area contributed by atoms with Gasteiger partial charge in [-0.2, -0.15) is 15.0 Å². The van der Waals surface area contributed by atoms with E-state index in [1.807, 2.05) is 6.07 Å². The van der Waals surface area contributed by atoms with Crippen molar-refractivity contribution in [2.45, 2.75) is 20.4 Å². The standard InChI is InChI=1S/C29H38N8O3/c1-3-35(4-2)28-31-27(30-23-6-8-24(9-7-23)36-15-17-38-18-16-36)32-29(33-28)37-13-11-34(12-14-37)20-22-5-10-25-26(19-22)40-21-39-25/h5-10,19H,3-4,11-18,20-21H2,1-2H3,(H,30,31,32,33). The predicted octanol–water partition coefficient (Wildman–Crippen LogP) is 3.35. The Labute approximate surface area is 235 Å². The third-order valence-electron chi connectivity index (χ3n) is 7.66. The van der Waals surface area contributed by atoms with Crippen LogP contribution in [0.5, 0.6) is 11.5 Å². The van der Waals surface area contributed by atoms with Gasteiger partial charge in [0.2, 0.25) is 24.6 Å². The molecule has 0 aliphatic carbocycles. The number of hydrogen-bond acceptors (Lipinski definition) is 11. The highest BCUT2D eigenvalue weighted by molar-refractivity contribution is 5.61. The maximum Gasteiger partial charge on any atom is 0.233 e. The van der Waals surface area contributed by atoms with Crippen molar-refractivity contribution in [3.05, 3.63) is 48.0 Å². The molecule has 4 heterocycles. The molecule has 2 saturated heterocycles. The average Bonchev–Trinajstić information content (AvgIpc) is 3.47. The van der Waals surface area contributed by atoms with Crippen molar-refractivity contribution in [1.29, 1.82) is 0 Å². The normalized spacial score (nSPS) is 17.2. The summed E-state index contributed by atoms with van der Waals surface area (Å²) in [5, 5.41) is 3.43. The van der Waals surface area contributed by atoms with Crippen molar-refractivity contribution >= 4 is 29.2 Å². The van der Waals surface area contributed by atoms with Crippen LogP contribution in [0.2, 0.25) is 0 Å². The van der Waals surface area contributed by atoms with E-state index in [1.165, 1.54) is 11.3 Å². The molecule has 1 N–H and O–H groups in total. The molecule has 0 spiro atoms. The van der Waals surface area contributed by atoms with Crippen molar-refractivity contribution in [2.75, 3.05) is 92.4 Å². The highest BCUT2D eigenvalue weighted by Gasteiger charge is 2.23. The highest BCUT2D eigenvalue weighted by atomic mass is 16.7. The van der Waals surface area contributed by atoms with E-state index in [1.54, 1.807) is 0 Å². The van der Waals surface area contributed by atoms with Crippen LogP contribution in [0, 0.1) is 0 Å². The Morgan fingerprint density at radius 2 is 1.55 bits per heavy atom. The maximum absolute atomic E-state index is 5.55. The number of piperazine rings is 1. The van der Waals surface area contributed by atoms with Crippen molar-refractivity contribution in [3.8, 4) is 11.5 Å². The third kappa shape index (κ3) is 6.00. The SMILES string of the molecule is CCN(CC)c1nc(Nc2ccc(N3CCOCC3)cc2)nc(N2CCN(Cc3ccc4c(c3)OCO4)CC2)n1. The fourth-order valence-electron chi connectivity index (χ4n) is 5.31. The molecule has 40 heavy (non-hydrogen) atoms. The molecule has 0 radical (unpaired) electrons. The topological polar surface area (TPSA) is 91.4 Å². The van der Waals surface area contributed by atoms with Crippen molar-refractivity contribution in [3.63, 3.8) is 0 Å².